The van der Waals surface area contributed by atoms with Crippen molar-refractivity contribution in [2.24, 2.45) is 0 Å². The number of fused-ring (bicyclic) bond motifs is 1. The second kappa shape index (κ2) is 5.59. The van der Waals surface area contributed by atoms with Crippen LogP contribution in [-0.2, 0) is 13.0 Å². The normalized spacial score (nSPS) is 12.9. The summed E-state index contributed by atoms with van der Waals surface area (Å²) in [5, 5.41) is 4.20. The largest absolute Gasteiger partial charge is 0.493 e. The van der Waals surface area contributed by atoms with Gasteiger partial charge in [-0.1, -0.05) is 17.7 Å². The Balaban J connectivity index is 1.81. The van der Waals surface area contributed by atoms with E-state index < -0.39 is 0 Å². The van der Waals surface area contributed by atoms with Crippen LogP contribution in [0.2, 0.25) is 5.02 Å². The monoisotopic (exact) mass is 385 g/mol. The van der Waals surface area contributed by atoms with E-state index in [-0.39, 0.29) is 0 Å². The van der Waals surface area contributed by atoms with Gasteiger partial charge in [-0.25, -0.2) is 0 Å². The van der Waals surface area contributed by atoms with Crippen LogP contribution in [0.3, 0.4) is 0 Å². The van der Waals surface area contributed by atoms with Gasteiger partial charge in [-0.05, 0) is 58.5 Å². The van der Waals surface area contributed by atoms with E-state index in [9.17, 15) is 0 Å². The fourth-order valence-corrected chi connectivity index (χ4v) is 3.08. The topological polar surface area (TPSA) is 21.3 Å². The number of nitrogens with one attached hydrogen (secondary N) is 1. The molecule has 0 aromatic heterocycles. The van der Waals surface area contributed by atoms with Crippen molar-refractivity contribution in [1.82, 2.24) is 0 Å². The van der Waals surface area contributed by atoms with Gasteiger partial charge < -0.3 is 10.1 Å². The van der Waals surface area contributed by atoms with Crippen LogP contribution in [0.5, 0.6) is 5.75 Å². The molecule has 0 fully saturated rings. The zero-order valence-corrected chi connectivity index (χ0v) is 13.2. The molecule has 1 heterocycles. The van der Waals surface area contributed by atoms with Crippen LogP contribution in [-0.4, -0.2) is 6.61 Å². The standard InChI is InChI=1S/C15H13ClINO/c16-12-6-10-4-5-19-15(10)11(7-12)9-18-14-3-1-2-13(17)8-14/h1-3,6-8,18H,4-5,9H2. The summed E-state index contributed by atoms with van der Waals surface area (Å²) in [6.45, 7) is 1.48. The first-order valence-electron chi connectivity index (χ1n) is 6.16. The van der Waals surface area contributed by atoms with Gasteiger partial charge in [0.15, 0.2) is 0 Å². The lowest BCUT2D eigenvalue weighted by molar-refractivity contribution is 0.354. The summed E-state index contributed by atoms with van der Waals surface area (Å²) in [5.74, 6) is 1.00. The van der Waals surface area contributed by atoms with Crippen molar-refractivity contribution in [3.63, 3.8) is 0 Å². The van der Waals surface area contributed by atoms with Crippen molar-refractivity contribution >= 4 is 39.9 Å². The summed E-state index contributed by atoms with van der Waals surface area (Å²) in [6, 6.07) is 12.3. The molecule has 2 aromatic rings. The zero-order chi connectivity index (χ0) is 13.2. The molecule has 0 spiro atoms. The number of rotatable bonds is 3. The third kappa shape index (κ3) is 2.98. The molecule has 1 aliphatic heterocycles. The molecular formula is C15H13ClINO. The fourth-order valence-electron chi connectivity index (χ4n) is 2.27. The molecule has 1 aliphatic rings. The van der Waals surface area contributed by atoms with Crippen molar-refractivity contribution in [3.8, 4) is 5.75 Å². The highest BCUT2D eigenvalue weighted by Crippen LogP contribution is 2.33. The Labute approximate surface area is 131 Å². The lowest BCUT2D eigenvalue weighted by atomic mass is 10.1. The molecule has 1 N–H and O–H groups in total. The van der Waals surface area contributed by atoms with Crippen molar-refractivity contribution in [2.75, 3.05) is 11.9 Å². The Bertz CT molecular complexity index is 615. The molecule has 2 aromatic carbocycles. The van der Waals surface area contributed by atoms with Crippen molar-refractivity contribution in [1.29, 1.82) is 0 Å². The summed E-state index contributed by atoms with van der Waals surface area (Å²) < 4.78 is 6.91. The van der Waals surface area contributed by atoms with Crippen LogP contribution in [0.25, 0.3) is 0 Å². The second-order valence-electron chi connectivity index (χ2n) is 4.52. The van der Waals surface area contributed by atoms with Crippen LogP contribution in [0, 0.1) is 3.57 Å². The second-order valence-corrected chi connectivity index (χ2v) is 6.20. The van der Waals surface area contributed by atoms with E-state index in [0.29, 0.717) is 0 Å². The number of ether oxygens (including phenoxy) is 1. The molecule has 3 rings (SSSR count). The summed E-state index contributed by atoms with van der Waals surface area (Å²) in [7, 11) is 0. The first-order chi connectivity index (χ1) is 9.22. The maximum Gasteiger partial charge on any atom is 0.127 e. The highest BCUT2D eigenvalue weighted by Gasteiger charge is 2.17. The minimum atomic E-state index is 0.725. The Hall–Kier alpha value is -0.940. The third-order valence-electron chi connectivity index (χ3n) is 3.13. The first-order valence-corrected chi connectivity index (χ1v) is 7.61. The summed E-state index contributed by atoms with van der Waals surface area (Å²) in [5.41, 5.74) is 3.45. The van der Waals surface area contributed by atoms with E-state index in [2.05, 4.69) is 46.1 Å². The zero-order valence-electron chi connectivity index (χ0n) is 10.2. The number of benzene rings is 2. The van der Waals surface area contributed by atoms with Gasteiger partial charge in [-0.15, -0.1) is 0 Å². The first kappa shape index (κ1) is 13.1. The van der Waals surface area contributed by atoms with Crippen LogP contribution in [0.15, 0.2) is 36.4 Å². The van der Waals surface area contributed by atoms with E-state index in [1.807, 2.05) is 18.2 Å². The predicted octanol–water partition coefficient (Wildman–Crippen LogP) is 4.49. The molecule has 4 heteroatoms. The van der Waals surface area contributed by atoms with Crippen LogP contribution in [0.4, 0.5) is 5.69 Å². The molecule has 0 bridgehead atoms. The van der Waals surface area contributed by atoms with Gasteiger partial charge in [-0.3, -0.25) is 0 Å². The Morgan fingerprint density at radius 2 is 2.16 bits per heavy atom. The van der Waals surface area contributed by atoms with E-state index in [4.69, 9.17) is 16.3 Å². The average molecular weight is 386 g/mol. The quantitative estimate of drug-likeness (QED) is 0.786. The molecule has 98 valence electrons. The molecule has 0 atom stereocenters. The number of hydrogen-bond donors (Lipinski definition) is 1. The molecule has 0 amide bonds. The van der Waals surface area contributed by atoms with Crippen LogP contribution < -0.4 is 10.1 Å². The van der Waals surface area contributed by atoms with Gasteiger partial charge in [0, 0.05) is 32.8 Å². The predicted molar refractivity (Wildman–Crippen MR) is 87.1 cm³/mol. The lowest BCUT2D eigenvalue weighted by Crippen LogP contribution is -2.01. The summed E-state index contributed by atoms with van der Waals surface area (Å²) in [4.78, 5) is 0. The molecular weight excluding hydrogens is 373 g/mol. The highest BCUT2D eigenvalue weighted by atomic mass is 127. The van der Waals surface area contributed by atoms with E-state index in [1.54, 1.807) is 0 Å². The minimum absolute atomic E-state index is 0.725. The summed E-state index contributed by atoms with van der Waals surface area (Å²) in [6.07, 6.45) is 0.951. The van der Waals surface area contributed by atoms with Gasteiger partial charge in [-0.2, -0.15) is 0 Å². The number of halogens is 2. The maximum absolute atomic E-state index is 6.15. The Kier molecular flexibility index (Phi) is 3.84. The van der Waals surface area contributed by atoms with Gasteiger partial charge in [0.1, 0.15) is 5.75 Å². The van der Waals surface area contributed by atoms with E-state index in [1.165, 1.54) is 9.13 Å². The van der Waals surface area contributed by atoms with Crippen molar-refractivity contribution < 1.29 is 4.74 Å². The van der Waals surface area contributed by atoms with Crippen LogP contribution >= 0.6 is 34.2 Å². The van der Waals surface area contributed by atoms with Crippen molar-refractivity contribution in [2.45, 2.75) is 13.0 Å². The fraction of sp³-hybridized carbons (Fsp3) is 0.200. The van der Waals surface area contributed by atoms with Gasteiger partial charge >= 0.3 is 0 Å². The lowest BCUT2D eigenvalue weighted by Gasteiger charge is -2.11. The molecule has 0 saturated carbocycles. The van der Waals surface area contributed by atoms with Crippen LogP contribution in [0.1, 0.15) is 11.1 Å². The van der Waals surface area contributed by atoms with Gasteiger partial charge in [0.05, 0.1) is 6.61 Å². The minimum Gasteiger partial charge on any atom is -0.493 e. The number of hydrogen-bond acceptors (Lipinski definition) is 2. The van der Waals surface area contributed by atoms with E-state index in [0.717, 1.165) is 41.6 Å². The van der Waals surface area contributed by atoms with Gasteiger partial charge in [0.25, 0.3) is 0 Å². The SMILES string of the molecule is Clc1cc2c(c(CNc3cccc(I)c3)c1)OCC2. The molecule has 19 heavy (non-hydrogen) atoms. The van der Waals surface area contributed by atoms with Crippen molar-refractivity contribution in [3.05, 3.63) is 56.1 Å². The molecule has 2 nitrogen and oxygen atoms in total. The molecule has 0 saturated heterocycles. The highest BCUT2D eigenvalue weighted by molar-refractivity contribution is 14.1. The molecule has 0 unspecified atom stereocenters. The van der Waals surface area contributed by atoms with E-state index >= 15 is 0 Å². The van der Waals surface area contributed by atoms with Gasteiger partial charge in [0.2, 0.25) is 0 Å². The smallest absolute Gasteiger partial charge is 0.127 e. The number of anilines is 1. The average Bonchev–Trinajstić information content (AvgIpc) is 2.84. The summed E-state index contributed by atoms with van der Waals surface area (Å²) >= 11 is 8.46. The third-order valence-corrected chi connectivity index (χ3v) is 4.02. The molecule has 0 aliphatic carbocycles. The maximum atomic E-state index is 6.15. The Morgan fingerprint density at radius 3 is 3.00 bits per heavy atom. The Morgan fingerprint density at radius 1 is 1.26 bits per heavy atom. The molecule has 0 radical (unpaired) electrons.